The molecule has 4 rings (SSSR count). The van der Waals surface area contributed by atoms with Gasteiger partial charge in [0, 0.05) is 43.3 Å². The number of aryl methyl sites for hydroxylation is 2. The first kappa shape index (κ1) is 17.5. The lowest BCUT2D eigenvalue weighted by Gasteiger charge is -2.22. The highest BCUT2D eigenvalue weighted by atomic mass is 35.5. The zero-order valence-electron chi connectivity index (χ0n) is 15.5. The van der Waals surface area contributed by atoms with Crippen LogP contribution >= 0.6 is 11.6 Å². The van der Waals surface area contributed by atoms with E-state index in [0.717, 1.165) is 47.2 Å². The molecule has 0 aliphatic heterocycles. The lowest BCUT2D eigenvalue weighted by Crippen LogP contribution is -2.28. The largest absolute Gasteiger partial charge is 0.298 e. The minimum absolute atomic E-state index is 0.801. The smallest absolute Gasteiger partial charge is 0.157 e. The van der Waals surface area contributed by atoms with Crippen molar-refractivity contribution in [2.45, 2.75) is 32.7 Å². The highest BCUT2D eigenvalue weighted by molar-refractivity contribution is 6.30. The van der Waals surface area contributed by atoms with Crippen LogP contribution in [0.1, 0.15) is 29.7 Å². The fraction of sp³-hybridized carbons (Fsp3) is 0.429. The van der Waals surface area contributed by atoms with Gasteiger partial charge in [0.15, 0.2) is 5.65 Å². The van der Waals surface area contributed by atoms with Gasteiger partial charge in [-0.2, -0.15) is 5.10 Å². The van der Waals surface area contributed by atoms with Gasteiger partial charge in [0.05, 0.1) is 5.69 Å². The number of aromatic nitrogens is 3. The number of rotatable bonds is 7. The van der Waals surface area contributed by atoms with Crippen LogP contribution < -0.4 is 0 Å². The van der Waals surface area contributed by atoms with E-state index in [2.05, 4.69) is 40.1 Å². The molecule has 0 bridgehead atoms. The Morgan fingerprint density at radius 1 is 1.19 bits per heavy atom. The predicted octanol–water partition coefficient (Wildman–Crippen LogP) is 4.38. The molecule has 0 atom stereocenters. The Labute approximate surface area is 159 Å². The third kappa shape index (κ3) is 4.08. The summed E-state index contributed by atoms with van der Waals surface area (Å²) in [6.45, 7) is 5.23. The quantitative estimate of drug-likeness (QED) is 0.620. The number of benzene rings is 1. The molecular weight excluding hydrogens is 344 g/mol. The molecule has 1 aromatic carbocycles. The van der Waals surface area contributed by atoms with Crippen molar-refractivity contribution < 1.29 is 0 Å². The third-order valence-corrected chi connectivity index (χ3v) is 5.42. The van der Waals surface area contributed by atoms with Gasteiger partial charge in [-0.3, -0.25) is 9.58 Å². The summed E-state index contributed by atoms with van der Waals surface area (Å²) in [6.07, 6.45) is 5.80. The lowest BCUT2D eigenvalue weighted by molar-refractivity contribution is 0.257. The molecule has 1 aliphatic carbocycles. The van der Waals surface area contributed by atoms with Crippen LogP contribution in [0, 0.1) is 12.8 Å². The molecule has 0 radical (unpaired) electrons. The Morgan fingerprint density at radius 3 is 2.69 bits per heavy atom. The van der Waals surface area contributed by atoms with E-state index >= 15 is 0 Å². The molecular formula is C21H25ClN4. The second-order valence-corrected chi connectivity index (χ2v) is 7.92. The lowest BCUT2D eigenvalue weighted by atomic mass is 10.1. The summed E-state index contributed by atoms with van der Waals surface area (Å²) in [5.41, 5.74) is 4.62. The predicted molar refractivity (Wildman–Crippen MR) is 106 cm³/mol. The highest BCUT2D eigenvalue weighted by Crippen LogP contribution is 2.30. The van der Waals surface area contributed by atoms with Crippen LogP contribution in [-0.2, 0) is 20.0 Å². The van der Waals surface area contributed by atoms with E-state index in [1.54, 1.807) is 0 Å². The van der Waals surface area contributed by atoms with Crippen LogP contribution in [0.5, 0.6) is 0 Å². The number of hydrogen-bond acceptors (Lipinski definition) is 3. The zero-order chi connectivity index (χ0) is 18.1. The van der Waals surface area contributed by atoms with E-state index in [1.807, 2.05) is 30.1 Å². The van der Waals surface area contributed by atoms with Crippen LogP contribution in [0.25, 0.3) is 11.0 Å². The summed E-state index contributed by atoms with van der Waals surface area (Å²) in [6, 6.07) is 10.5. The van der Waals surface area contributed by atoms with Gasteiger partial charge >= 0.3 is 0 Å². The van der Waals surface area contributed by atoms with Gasteiger partial charge in [0.1, 0.15) is 0 Å². The molecule has 1 saturated carbocycles. The van der Waals surface area contributed by atoms with Crippen molar-refractivity contribution in [2.24, 2.45) is 13.0 Å². The van der Waals surface area contributed by atoms with Gasteiger partial charge in [-0.25, -0.2) is 4.98 Å². The summed E-state index contributed by atoms with van der Waals surface area (Å²) in [5, 5.41) is 6.44. The molecule has 0 amide bonds. The van der Waals surface area contributed by atoms with Gasteiger partial charge in [-0.15, -0.1) is 0 Å². The Morgan fingerprint density at radius 2 is 1.96 bits per heavy atom. The first-order valence-corrected chi connectivity index (χ1v) is 9.71. The SMILES string of the molecule is Cc1nn(C)c2ncc(CN(CCc3ccc(Cl)cc3)CC3CC3)cc12. The maximum absolute atomic E-state index is 6.00. The van der Waals surface area contributed by atoms with E-state index in [0.29, 0.717) is 0 Å². The molecule has 4 nitrogen and oxygen atoms in total. The summed E-state index contributed by atoms with van der Waals surface area (Å²) >= 11 is 6.00. The number of hydrogen-bond donors (Lipinski definition) is 0. The minimum atomic E-state index is 0.801. The van der Waals surface area contributed by atoms with E-state index in [9.17, 15) is 0 Å². The van der Waals surface area contributed by atoms with E-state index in [1.165, 1.54) is 30.5 Å². The summed E-state index contributed by atoms with van der Waals surface area (Å²) in [5.74, 6) is 0.872. The Balaban J connectivity index is 1.47. The molecule has 0 unspecified atom stereocenters. The van der Waals surface area contributed by atoms with Crippen molar-refractivity contribution in [3.8, 4) is 0 Å². The average molecular weight is 369 g/mol. The number of fused-ring (bicyclic) bond motifs is 1. The van der Waals surface area contributed by atoms with Crippen molar-refractivity contribution >= 4 is 22.6 Å². The molecule has 0 saturated heterocycles. The normalized spacial score (nSPS) is 14.5. The fourth-order valence-electron chi connectivity index (χ4n) is 3.53. The van der Waals surface area contributed by atoms with Crippen molar-refractivity contribution in [1.29, 1.82) is 0 Å². The average Bonchev–Trinajstić information content (AvgIpc) is 3.40. The first-order valence-electron chi connectivity index (χ1n) is 9.33. The van der Waals surface area contributed by atoms with Gasteiger partial charge in [0.25, 0.3) is 0 Å². The second kappa shape index (κ2) is 7.37. The van der Waals surface area contributed by atoms with Crippen molar-refractivity contribution in [2.75, 3.05) is 13.1 Å². The second-order valence-electron chi connectivity index (χ2n) is 7.48. The van der Waals surface area contributed by atoms with Crippen molar-refractivity contribution in [1.82, 2.24) is 19.7 Å². The van der Waals surface area contributed by atoms with Crippen molar-refractivity contribution in [3.63, 3.8) is 0 Å². The number of pyridine rings is 1. The van der Waals surface area contributed by atoms with Crippen LogP contribution in [0.3, 0.4) is 0 Å². The Hall–Kier alpha value is -1.91. The fourth-order valence-corrected chi connectivity index (χ4v) is 3.66. The molecule has 0 N–H and O–H groups in total. The van der Waals surface area contributed by atoms with Gasteiger partial charge in [0.2, 0.25) is 0 Å². The first-order chi connectivity index (χ1) is 12.6. The van der Waals surface area contributed by atoms with E-state index < -0.39 is 0 Å². The molecule has 5 heteroatoms. The molecule has 3 aromatic rings. The summed E-state index contributed by atoms with van der Waals surface area (Å²) in [4.78, 5) is 7.21. The Kier molecular flexibility index (Phi) is 4.96. The van der Waals surface area contributed by atoms with Crippen LogP contribution in [0.2, 0.25) is 5.02 Å². The van der Waals surface area contributed by atoms with Gasteiger partial charge < -0.3 is 0 Å². The van der Waals surface area contributed by atoms with Gasteiger partial charge in [-0.1, -0.05) is 23.7 Å². The summed E-state index contributed by atoms with van der Waals surface area (Å²) in [7, 11) is 1.95. The molecule has 0 spiro atoms. The molecule has 1 fully saturated rings. The molecule has 1 aliphatic rings. The maximum atomic E-state index is 6.00. The topological polar surface area (TPSA) is 34.0 Å². The number of halogens is 1. The Bertz CT molecular complexity index is 896. The van der Waals surface area contributed by atoms with Crippen LogP contribution in [0.4, 0.5) is 0 Å². The number of nitrogens with zero attached hydrogens (tertiary/aromatic N) is 4. The molecule has 136 valence electrons. The standard InChI is InChI=1S/C21H25ClN4/c1-15-20-11-18(12-23-21(20)25(2)24-15)14-26(13-17-3-4-17)10-9-16-5-7-19(22)8-6-16/h5-8,11-12,17H,3-4,9-10,13-14H2,1-2H3. The van der Waals surface area contributed by atoms with Crippen molar-refractivity contribution in [3.05, 3.63) is 58.4 Å². The monoisotopic (exact) mass is 368 g/mol. The van der Waals surface area contributed by atoms with E-state index in [4.69, 9.17) is 11.6 Å². The van der Waals surface area contributed by atoms with E-state index in [-0.39, 0.29) is 0 Å². The van der Waals surface area contributed by atoms with Crippen LogP contribution in [-0.4, -0.2) is 32.8 Å². The molecule has 2 heterocycles. The summed E-state index contributed by atoms with van der Waals surface area (Å²) < 4.78 is 1.86. The van der Waals surface area contributed by atoms with Crippen LogP contribution in [0.15, 0.2) is 36.5 Å². The van der Waals surface area contributed by atoms with Gasteiger partial charge in [-0.05, 0) is 61.4 Å². The molecule has 26 heavy (non-hydrogen) atoms. The highest BCUT2D eigenvalue weighted by Gasteiger charge is 2.24. The third-order valence-electron chi connectivity index (χ3n) is 5.17. The molecule has 2 aromatic heterocycles. The zero-order valence-corrected chi connectivity index (χ0v) is 16.2. The minimum Gasteiger partial charge on any atom is -0.298 e. The maximum Gasteiger partial charge on any atom is 0.157 e.